The maximum absolute atomic E-state index is 12.6. The van der Waals surface area contributed by atoms with Crippen LogP contribution in [-0.4, -0.2) is 59.1 Å². The molecule has 1 amide bonds. The number of carbonyl (C=O) groups excluding carboxylic acids is 1. The van der Waals surface area contributed by atoms with Crippen molar-refractivity contribution in [2.75, 3.05) is 26.2 Å². The van der Waals surface area contributed by atoms with Crippen LogP contribution in [0.4, 0.5) is 0 Å². The molecule has 0 spiro atoms. The van der Waals surface area contributed by atoms with Crippen LogP contribution in [0, 0.1) is 13.8 Å². The zero-order chi connectivity index (χ0) is 16.4. The Morgan fingerprint density at radius 2 is 1.91 bits per heavy atom. The highest BCUT2D eigenvalue weighted by Gasteiger charge is 2.33. The first-order valence-corrected chi connectivity index (χ1v) is 8.80. The number of aryl methyl sites for hydroxylation is 2. The molecule has 1 aromatic carbocycles. The van der Waals surface area contributed by atoms with Crippen molar-refractivity contribution in [1.82, 2.24) is 9.80 Å². The van der Waals surface area contributed by atoms with Crippen LogP contribution in [-0.2, 0) is 11.2 Å². The summed E-state index contributed by atoms with van der Waals surface area (Å²) in [5.41, 5.74) is 3.54. The third-order valence-electron chi connectivity index (χ3n) is 5.43. The van der Waals surface area contributed by atoms with E-state index in [1.807, 2.05) is 4.90 Å². The molecule has 1 heterocycles. The van der Waals surface area contributed by atoms with Crippen LogP contribution in [0.3, 0.4) is 0 Å². The van der Waals surface area contributed by atoms with Gasteiger partial charge in [-0.1, -0.05) is 23.8 Å². The molecule has 0 bridgehead atoms. The van der Waals surface area contributed by atoms with Gasteiger partial charge in [0, 0.05) is 32.2 Å². The van der Waals surface area contributed by atoms with Gasteiger partial charge in [-0.25, -0.2) is 0 Å². The molecule has 23 heavy (non-hydrogen) atoms. The van der Waals surface area contributed by atoms with Gasteiger partial charge < -0.3 is 10.0 Å². The fraction of sp³-hybridized carbons (Fsp3) is 0.632. The maximum atomic E-state index is 12.6. The molecule has 1 aromatic rings. The maximum Gasteiger partial charge on any atom is 0.227 e. The van der Waals surface area contributed by atoms with E-state index in [2.05, 4.69) is 36.9 Å². The van der Waals surface area contributed by atoms with Crippen molar-refractivity contribution in [2.45, 2.75) is 51.7 Å². The van der Waals surface area contributed by atoms with Gasteiger partial charge in [0.05, 0.1) is 12.5 Å². The normalized spacial score (nSPS) is 25.8. The Morgan fingerprint density at radius 1 is 1.17 bits per heavy atom. The number of aliphatic hydroxyl groups is 1. The Balaban J connectivity index is 1.55. The lowest BCUT2D eigenvalue weighted by atomic mass is 10.0. The number of nitrogens with zero attached hydrogens (tertiary/aromatic N) is 2. The van der Waals surface area contributed by atoms with Crippen LogP contribution in [0.2, 0.25) is 0 Å². The lowest BCUT2D eigenvalue weighted by Gasteiger charge is -2.39. The quantitative estimate of drug-likeness (QED) is 0.926. The molecule has 2 aliphatic rings. The van der Waals surface area contributed by atoms with E-state index in [9.17, 15) is 9.90 Å². The molecule has 1 saturated carbocycles. The van der Waals surface area contributed by atoms with E-state index in [0.29, 0.717) is 12.5 Å². The third kappa shape index (κ3) is 3.75. The van der Waals surface area contributed by atoms with Crippen LogP contribution in [0.15, 0.2) is 18.2 Å². The Labute approximate surface area is 139 Å². The Bertz CT molecular complexity index is 564. The topological polar surface area (TPSA) is 43.8 Å². The van der Waals surface area contributed by atoms with Crippen molar-refractivity contribution in [3.05, 3.63) is 34.9 Å². The summed E-state index contributed by atoms with van der Waals surface area (Å²) in [6.45, 7) is 7.49. The average Bonchev–Trinajstić information content (AvgIpc) is 2.97. The molecule has 1 aliphatic carbocycles. The van der Waals surface area contributed by atoms with Crippen LogP contribution in [0.25, 0.3) is 0 Å². The highest BCUT2D eigenvalue weighted by atomic mass is 16.3. The number of hydrogen-bond donors (Lipinski definition) is 1. The van der Waals surface area contributed by atoms with Gasteiger partial charge in [0.2, 0.25) is 5.91 Å². The minimum atomic E-state index is -0.174. The first-order valence-electron chi connectivity index (χ1n) is 8.80. The monoisotopic (exact) mass is 316 g/mol. The highest BCUT2D eigenvalue weighted by Crippen LogP contribution is 2.25. The Kier molecular flexibility index (Phi) is 5.02. The summed E-state index contributed by atoms with van der Waals surface area (Å²) in [5.74, 6) is 0.227. The van der Waals surface area contributed by atoms with Crippen molar-refractivity contribution >= 4 is 5.91 Å². The summed E-state index contributed by atoms with van der Waals surface area (Å²) in [4.78, 5) is 16.9. The largest absolute Gasteiger partial charge is 0.391 e. The molecular formula is C19H28N2O2. The van der Waals surface area contributed by atoms with Crippen molar-refractivity contribution in [3.63, 3.8) is 0 Å². The molecule has 2 fully saturated rings. The van der Waals surface area contributed by atoms with E-state index in [-0.39, 0.29) is 12.0 Å². The summed E-state index contributed by atoms with van der Waals surface area (Å²) in [5, 5.41) is 10.0. The standard InChI is InChI=1S/C19H28N2O2/c1-14-6-7-15(2)16(12-14)13-19(23)21-10-8-20(9-11-21)17-4-3-5-18(17)22/h6-7,12,17-18,22H,3-5,8-11,13H2,1-2H3/t17-,18+/m1/s1. The van der Waals surface area contributed by atoms with Gasteiger partial charge >= 0.3 is 0 Å². The number of aliphatic hydroxyl groups excluding tert-OH is 1. The molecule has 126 valence electrons. The fourth-order valence-electron chi connectivity index (χ4n) is 3.92. The summed E-state index contributed by atoms with van der Waals surface area (Å²) >= 11 is 0. The van der Waals surface area contributed by atoms with E-state index >= 15 is 0 Å². The molecule has 1 N–H and O–H groups in total. The van der Waals surface area contributed by atoms with E-state index < -0.39 is 0 Å². The number of benzene rings is 1. The molecule has 3 rings (SSSR count). The second kappa shape index (κ2) is 7.02. The molecule has 1 aliphatic heterocycles. The summed E-state index contributed by atoms with van der Waals surface area (Å²) in [6.07, 6.45) is 3.47. The van der Waals surface area contributed by atoms with Gasteiger partial charge in [0.15, 0.2) is 0 Å². The van der Waals surface area contributed by atoms with Crippen molar-refractivity contribution in [1.29, 1.82) is 0 Å². The number of piperazine rings is 1. The van der Waals surface area contributed by atoms with Crippen LogP contribution < -0.4 is 0 Å². The summed E-state index contributed by atoms with van der Waals surface area (Å²) in [7, 11) is 0. The number of carbonyl (C=O) groups is 1. The van der Waals surface area contributed by atoms with E-state index in [0.717, 1.165) is 51.0 Å². The zero-order valence-corrected chi connectivity index (χ0v) is 14.3. The minimum absolute atomic E-state index is 0.174. The molecule has 4 heteroatoms. The van der Waals surface area contributed by atoms with Gasteiger partial charge in [-0.05, 0) is 44.2 Å². The van der Waals surface area contributed by atoms with Crippen molar-refractivity contribution in [2.24, 2.45) is 0 Å². The minimum Gasteiger partial charge on any atom is -0.391 e. The van der Waals surface area contributed by atoms with Crippen molar-refractivity contribution in [3.8, 4) is 0 Å². The SMILES string of the molecule is Cc1ccc(C)c(CC(=O)N2CCN([C@@H]3CCC[C@@H]3O)CC2)c1. The second-order valence-corrected chi connectivity index (χ2v) is 7.09. The molecule has 0 aromatic heterocycles. The van der Waals surface area contributed by atoms with Crippen molar-refractivity contribution < 1.29 is 9.90 Å². The molecule has 0 unspecified atom stereocenters. The predicted octanol–water partition coefficient (Wildman–Crippen LogP) is 1.90. The first-order chi connectivity index (χ1) is 11.0. The van der Waals surface area contributed by atoms with E-state index in [1.165, 1.54) is 11.1 Å². The van der Waals surface area contributed by atoms with Crippen LogP contribution in [0.1, 0.15) is 36.0 Å². The van der Waals surface area contributed by atoms with Gasteiger partial charge in [-0.15, -0.1) is 0 Å². The smallest absolute Gasteiger partial charge is 0.227 e. The number of rotatable bonds is 3. The van der Waals surface area contributed by atoms with Crippen LogP contribution in [0.5, 0.6) is 0 Å². The van der Waals surface area contributed by atoms with Gasteiger partial charge in [-0.3, -0.25) is 9.69 Å². The summed E-state index contributed by atoms with van der Waals surface area (Å²) < 4.78 is 0. The Morgan fingerprint density at radius 3 is 2.57 bits per heavy atom. The van der Waals surface area contributed by atoms with E-state index in [1.54, 1.807) is 0 Å². The molecule has 2 atom stereocenters. The summed E-state index contributed by atoms with van der Waals surface area (Å²) in [6, 6.07) is 6.62. The molecule has 1 saturated heterocycles. The lowest BCUT2D eigenvalue weighted by Crippen LogP contribution is -2.53. The van der Waals surface area contributed by atoms with Gasteiger partial charge in [0.25, 0.3) is 0 Å². The molecule has 4 nitrogen and oxygen atoms in total. The molecule has 0 radical (unpaired) electrons. The number of amides is 1. The van der Waals surface area contributed by atoms with Crippen LogP contribution >= 0.6 is 0 Å². The predicted molar refractivity (Wildman–Crippen MR) is 91.4 cm³/mol. The molecular weight excluding hydrogens is 288 g/mol. The lowest BCUT2D eigenvalue weighted by molar-refractivity contribution is -0.132. The third-order valence-corrected chi connectivity index (χ3v) is 5.43. The fourth-order valence-corrected chi connectivity index (χ4v) is 3.92. The number of hydrogen-bond acceptors (Lipinski definition) is 3. The first kappa shape index (κ1) is 16.5. The zero-order valence-electron chi connectivity index (χ0n) is 14.3. The highest BCUT2D eigenvalue weighted by molar-refractivity contribution is 5.79. The van der Waals surface area contributed by atoms with Gasteiger partial charge in [-0.2, -0.15) is 0 Å². The Hall–Kier alpha value is -1.39. The van der Waals surface area contributed by atoms with E-state index in [4.69, 9.17) is 0 Å². The second-order valence-electron chi connectivity index (χ2n) is 7.09. The average molecular weight is 316 g/mol. The van der Waals surface area contributed by atoms with Gasteiger partial charge in [0.1, 0.15) is 0 Å².